The molecule has 0 spiro atoms. The quantitative estimate of drug-likeness (QED) is 0.828. The molecule has 0 radical (unpaired) electrons. The van der Waals surface area contributed by atoms with Crippen LogP contribution in [0.15, 0.2) is 41.3 Å². The van der Waals surface area contributed by atoms with Crippen LogP contribution >= 0.6 is 0 Å². The summed E-state index contributed by atoms with van der Waals surface area (Å²) in [4.78, 5) is 36.2. The lowest BCUT2D eigenvalue weighted by Crippen LogP contribution is -2.49. The number of urea groups is 1. The van der Waals surface area contributed by atoms with Gasteiger partial charge >= 0.3 is 6.03 Å². The molecule has 1 aliphatic rings. The molecule has 3 rings (SSSR count). The van der Waals surface area contributed by atoms with Gasteiger partial charge in [-0.1, -0.05) is 6.07 Å². The minimum atomic E-state index is -1.92. The van der Waals surface area contributed by atoms with E-state index in [9.17, 15) is 23.2 Å². The Morgan fingerprint density at radius 1 is 1.17 bits per heavy atom. The summed E-state index contributed by atoms with van der Waals surface area (Å²) in [7, 11) is 0. The van der Waals surface area contributed by atoms with Crippen molar-refractivity contribution in [2.24, 2.45) is 0 Å². The monoisotopic (exact) mass is 333 g/mol. The number of carbonyl (C=O) groups is 2. The van der Waals surface area contributed by atoms with Crippen LogP contribution < -0.4 is 16.2 Å². The highest BCUT2D eigenvalue weighted by molar-refractivity contribution is 6.07. The predicted molar refractivity (Wildman–Crippen MR) is 80.1 cm³/mol. The first-order chi connectivity index (χ1) is 11.3. The van der Waals surface area contributed by atoms with E-state index in [0.717, 1.165) is 18.2 Å². The predicted octanol–water partition coefficient (Wildman–Crippen LogP) is 1.17. The second-order valence-electron chi connectivity index (χ2n) is 5.56. The molecule has 1 aliphatic heterocycles. The normalized spacial score (nSPS) is 20.0. The molecular weight excluding hydrogens is 320 g/mol. The maximum Gasteiger partial charge on any atom is 0.322 e. The van der Waals surface area contributed by atoms with E-state index in [1.54, 1.807) is 19.1 Å². The number of imide groups is 1. The van der Waals surface area contributed by atoms with Gasteiger partial charge < -0.3 is 9.88 Å². The van der Waals surface area contributed by atoms with Gasteiger partial charge in [-0.3, -0.25) is 14.9 Å². The van der Waals surface area contributed by atoms with Crippen LogP contribution in [0.2, 0.25) is 0 Å². The van der Waals surface area contributed by atoms with Crippen molar-refractivity contribution in [3.63, 3.8) is 0 Å². The van der Waals surface area contributed by atoms with Crippen LogP contribution in [0.4, 0.5) is 13.6 Å². The van der Waals surface area contributed by atoms with E-state index in [0.29, 0.717) is 5.56 Å². The SMILES string of the molecule is Cc1cccn(CC2(c3cc(F)ccc3F)NC(=O)NC2=O)c1=O. The zero-order valence-corrected chi connectivity index (χ0v) is 12.6. The highest BCUT2D eigenvalue weighted by atomic mass is 19.1. The fraction of sp³-hybridized carbons (Fsp3) is 0.188. The van der Waals surface area contributed by atoms with E-state index >= 15 is 0 Å². The molecule has 124 valence electrons. The highest BCUT2D eigenvalue weighted by Crippen LogP contribution is 2.29. The molecule has 3 amide bonds. The number of hydrogen-bond donors (Lipinski definition) is 2. The fourth-order valence-corrected chi connectivity index (χ4v) is 2.74. The van der Waals surface area contributed by atoms with Crippen molar-refractivity contribution < 1.29 is 18.4 Å². The molecule has 0 bridgehead atoms. The lowest BCUT2D eigenvalue weighted by molar-refractivity contribution is -0.125. The van der Waals surface area contributed by atoms with Gasteiger partial charge in [0.25, 0.3) is 11.5 Å². The Kier molecular flexibility index (Phi) is 3.67. The lowest BCUT2D eigenvalue weighted by Gasteiger charge is -2.27. The molecule has 0 aliphatic carbocycles. The summed E-state index contributed by atoms with van der Waals surface area (Å²) in [6, 6.07) is 4.93. The second kappa shape index (κ2) is 5.55. The van der Waals surface area contributed by atoms with Crippen molar-refractivity contribution in [1.82, 2.24) is 15.2 Å². The molecule has 1 saturated heterocycles. The number of nitrogens with zero attached hydrogens (tertiary/aromatic N) is 1. The Labute approximate surface area is 135 Å². The number of rotatable bonds is 3. The number of aromatic nitrogens is 1. The molecule has 2 N–H and O–H groups in total. The first-order valence-corrected chi connectivity index (χ1v) is 7.09. The first-order valence-electron chi connectivity index (χ1n) is 7.09. The number of halogens is 2. The van der Waals surface area contributed by atoms with Crippen molar-refractivity contribution in [2.75, 3.05) is 0 Å². The van der Waals surface area contributed by atoms with Gasteiger partial charge in [-0.2, -0.15) is 0 Å². The Balaban J connectivity index is 2.19. The second-order valence-corrected chi connectivity index (χ2v) is 5.56. The van der Waals surface area contributed by atoms with Crippen LogP contribution in [0.1, 0.15) is 11.1 Å². The minimum absolute atomic E-state index is 0.348. The third kappa shape index (κ3) is 2.45. The summed E-state index contributed by atoms with van der Waals surface area (Å²) in [5.41, 5.74) is -2.25. The average molecular weight is 333 g/mol. The smallest absolute Gasteiger partial charge is 0.318 e. The third-order valence-electron chi connectivity index (χ3n) is 3.95. The molecule has 24 heavy (non-hydrogen) atoms. The van der Waals surface area contributed by atoms with E-state index in [1.165, 1.54) is 10.8 Å². The molecule has 2 aromatic rings. The lowest BCUT2D eigenvalue weighted by atomic mass is 9.89. The molecule has 2 heterocycles. The van der Waals surface area contributed by atoms with Crippen molar-refractivity contribution >= 4 is 11.9 Å². The summed E-state index contributed by atoms with van der Waals surface area (Å²) in [6.07, 6.45) is 1.41. The Morgan fingerprint density at radius 2 is 1.92 bits per heavy atom. The molecule has 6 nitrogen and oxygen atoms in total. The van der Waals surface area contributed by atoms with E-state index in [4.69, 9.17) is 0 Å². The molecule has 1 atom stereocenters. The van der Waals surface area contributed by atoms with Gasteiger partial charge in [-0.15, -0.1) is 0 Å². The van der Waals surface area contributed by atoms with Crippen molar-refractivity contribution in [3.8, 4) is 0 Å². The van der Waals surface area contributed by atoms with Crippen molar-refractivity contribution in [2.45, 2.75) is 19.0 Å². The number of carbonyl (C=O) groups excluding carboxylic acids is 2. The molecule has 1 aromatic carbocycles. The minimum Gasteiger partial charge on any atom is -0.318 e. The van der Waals surface area contributed by atoms with Crippen LogP contribution in [-0.2, 0) is 16.9 Å². The summed E-state index contributed by atoms with van der Waals surface area (Å²) in [5, 5.41) is 4.34. The highest BCUT2D eigenvalue weighted by Gasteiger charge is 2.50. The average Bonchev–Trinajstić information content (AvgIpc) is 2.81. The van der Waals surface area contributed by atoms with Gasteiger partial charge in [0, 0.05) is 17.3 Å². The standard InChI is InChI=1S/C16H13F2N3O3/c1-9-3-2-6-21(13(9)22)8-16(14(23)19-15(24)20-16)11-7-10(17)4-5-12(11)18/h2-7H,8H2,1H3,(H2,19,20,23,24). The molecule has 0 saturated carbocycles. The summed E-state index contributed by atoms with van der Waals surface area (Å²) < 4.78 is 29.0. The zero-order chi connectivity index (χ0) is 17.5. The molecule has 1 aromatic heterocycles. The fourth-order valence-electron chi connectivity index (χ4n) is 2.74. The van der Waals surface area contributed by atoms with E-state index in [-0.39, 0.29) is 12.1 Å². The molecule has 1 fully saturated rings. The molecule has 1 unspecified atom stereocenters. The Hall–Kier alpha value is -3.03. The number of amides is 3. The van der Waals surface area contributed by atoms with Crippen LogP contribution in [-0.4, -0.2) is 16.5 Å². The molecule has 8 heteroatoms. The summed E-state index contributed by atoms with van der Waals surface area (Å²) >= 11 is 0. The maximum atomic E-state index is 14.3. The number of aryl methyl sites for hydroxylation is 1. The number of pyridine rings is 1. The van der Waals surface area contributed by atoms with Crippen molar-refractivity contribution in [3.05, 3.63) is 69.6 Å². The van der Waals surface area contributed by atoms with Crippen LogP contribution in [0.25, 0.3) is 0 Å². The van der Waals surface area contributed by atoms with Crippen LogP contribution in [0.3, 0.4) is 0 Å². The number of nitrogens with one attached hydrogen (secondary N) is 2. The van der Waals surface area contributed by atoms with Gasteiger partial charge in [0.05, 0.1) is 6.54 Å². The van der Waals surface area contributed by atoms with Gasteiger partial charge in [-0.05, 0) is 31.2 Å². The van der Waals surface area contributed by atoms with Crippen LogP contribution in [0.5, 0.6) is 0 Å². The van der Waals surface area contributed by atoms with Crippen LogP contribution in [0, 0.1) is 18.6 Å². The summed E-state index contributed by atoms with van der Waals surface area (Å²) in [5.74, 6) is -2.49. The van der Waals surface area contributed by atoms with Gasteiger partial charge in [0.15, 0.2) is 5.54 Å². The summed E-state index contributed by atoms with van der Waals surface area (Å²) in [6.45, 7) is 1.22. The topological polar surface area (TPSA) is 80.2 Å². The van der Waals surface area contributed by atoms with E-state index < -0.39 is 34.7 Å². The van der Waals surface area contributed by atoms with E-state index in [1.807, 2.05) is 5.32 Å². The van der Waals surface area contributed by atoms with Gasteiger partial charge in [0.1, 0.15) is 11.6 Å². The number of benzene rings is 1. The van der Waals surface area contributed by atoms with Gasteiger partial charge in [0.2, 0.25) is 0 Å². The maximum absolute atomic E-state index is 14.3. The third-order valence-corrected chi connectivity index (χ3v) is 3.95. The first kappa shape index (κ1) is 15.9. The largest absolute Gasteiger partial charge is 0.322 e. The number of hydrogen-bond acceptors (Lipinski definition) is 3. The van der Waals surface area contributed by atoms with Crippen molar-refractivity contribution in [1.29, 1.82) is 0 Å². The molecular formula is C16H13F2N3O3. The van der Waals surface area contributed by atoms with Gasteiger partial charge in [-0.25, -0.2) is 13.6 Å². The zero-order valence-electron chi connectivity index (χ0n) is 12.6. The van der Waals surface area contributed by atoms with E-state index in [2.05, 4.69) is 5.32 Å². The Bertz CT molecular complexity index is 910. The Morgan fingerprint density at radius 3 is 2.58 bits per heavy atom.